The maximum absolute atomic E-state index is 13.4. The summed E-state index contributed by atoms with van der Waals surface area (Å²) in [5.41, 5.74) is 2.47. The van der Waals surface area contributed by atoms with Crippen molar-refractivity contribution in [2.24, 2.45) is 0 Å². The lowest BCUT2D eigenvalue weighted by Gasteiger charge is -2.13. The van der Waals surface area contributed by atoms with Gasteiger partial charge in [0.15, 0.2) is 0 Å². The average molecular weight is 270 g/mol. The fourth-order valence-corrected chi connectivity index (χ4v) is 1.81. The first-order valence-corrected chi connectivity index (χ1v) is 6.28. The van der Waals surface area contributed by atoms with Crippen molar-refractivity contribution in [1.29, 1.82) is 5.26 Å². The fraction of sp³-hybridized carbons (Fsp3) is 0.188. The van der Waals surface area contributed by atoms with E-state index in [1.54, 1.807) is 43.3 Å². The monoisotopic (exact) mass is 270 g/mol. The standard InChI is InChI=1S/C16H15FN2O/c1-11-2-7-14(8-15(11)17)19-10-16(20)13-5-3-12(9-18)4-6-13/h2-8,16,19-20H,10H2,1H3. The summed E-state index contributed by atoms with van der Waals surface area (Å²) in [4.78, 5) is 0. The zero-order valence-electron chi connectivity index (χ0n) is 11.1. The Bertz CT molecular complexity index is 632. The zero-order valence-corrected chi connectivity index (χ0v) is 11.1. The van der Waals surface area contributed by atoms with Crippen molar-refractivity contribution in [1.82, 2.24) is 0 Å². The molecule has 0 aliphatic heterocycles. The number of hydrogen-bond donors (Lipinski definition) is 2. The number of halogens is 1. The number of aryl methyl sites for hydroxylation is 1. The van der Waals surface area contributed by atoms with Crippen molar-refractivity contribution in [3.8, 4) is 6.07 Å². The van der Waals surface area contributed by atoms with Gasteiger partial charge in [-0.1, -0.05) is 18.2 Å². The van der Waals surface area contributed by atoms with Crippen LogP contribution in [0.2, 0.25) is 0 Å². The SMILES string of the molecule is Cc1ccc(NCC(O)c2ccc(C#N)cc2)cc1F. The molecule has 0 amide bonds. The number of aliphatic hydroxyl groups excluding tert-OH is 1. The van der Waals surface area contributed by atoms with Crippen LogP contribution in [0.5, 0.6) is 0 Å². The number of nitrogens with one attached hydrogen (secondary N) is 1. The summed E-state index contributed by atoms with van der Waals surface area (Å²) in [5, 5.41) is 21.7. The van der Waals surface area contributed by atoms with E-state index in [-0.39, 0.29) is 12.4 Å². The van der Waals surface area contributed by atoms with E-state index in [0.29, 0.717) is 22.4 Å². The van der Waals surface area contributed by atoms with Crippen LogP contribution in [0.1, 0.15) is 22.8 Å². The molecule has 1 atom stereocenters. The van der Waals surface area contributed by atoms with Crippen LogP contribution in [0, 0.1) is 24.1 Å². The third-order valence-electron chi connectivity index (χ3n) is 3.10. The highest BCUT2D eigenvalue weighted by Gasteiger charge is 2.08. The molecule has 2 aromatic rings. The smallest absolute Gasteiger partial charge is 0.128 e. The second-order valence-corrected chi connectivity index (χ2v) is 4.59. The van der Waals surface area contributed by atoms with Gasteiger partial charge < -0.3 is 10.4 Å². The summed E-state index contributed by atoms with van der Waals surface area (Å²) >= 11 is 0. The van der Waals surface area contributed by atoms with Gasteiger partial charge in [-0.15, -0.1) is 0 Å². The third-order valence-corrected chi connectivity index (χ3v) is 3.10. The summed E-state index contributed by atoms with van der Waals surface area (Å²) in [6.07, 6.45) is -0.716. The maximum atomic E-state index is 13.4. The lowest BCUT2D eigenvalue weighted by Crippen LogP contribution is -2.12. The summed E-state index contributed by atoms with van der Waals surface area (Å²) in [6, 6.07) is 13.6. The van der Waals surface area contributed by atoms with Gasteiger partial charge in [0, 0.05) is 12.2 Å². The van der Waals surface area contributed by atoms with Gasteiger partial charge in [-0.05, 0) is 42.3 Å². The second-order valence-electron chi connectivity index (χ2n) is 4.59. The van der Waals surface area contributed by atoms with Crippen molar-refractivity contribution in [3.63, 3.8) is 0 Å². The Morgan fingerprint density at radius 3 is 2.55 bits per heavy atom. The highest BCUT2D eigenvalue weighted by atomic mass is 19.1. The van der Waals surface area contributed by atoms with Crippen LogP contribution in [0.15, 0.2) is 42.5 Å². The minimum atomic E-state index is -0.716. The molecule has 3 nitrogen and oxygen atoms in total. The molecule has 0 aliphatic carbocycles. The number of hydrogen-bond acceptors (Lipinski definition) is 3. The Morgan fingerprint density at radius 1 is 1.25 bits per heavy atom. The molecule has 0 aliphatic rings. The predicted molar refractivity (Wildman–Crippen MR) is 75.7 cm³/mol. The molecular weight excluding hydrogens is 255 g/mol. The molecule has 4 heteroatoms. The molecule has 0 spiro atoms. The molecule has 20 heavy (non-hydrogen) atoms. The van der Waals surface area contributed by atoms with Crippen LogP contribution >= 0.6 is 0 Å². The van der Waals surface area contributed by atoms with E-state index in [1.165, 1.54) is 6.07 Å². The van der Waals surface area contributed by atoms with E-state index in [4.69, 9.17) is 5.26 Å². The summed E-state index contributed by atoms with van der Waals surface area (Å²) < 4.78 is 13.4. The van der Waals surface area contributed by atoms with Crippen LogP contribution < -0.4 is 5.32 Å². The Balaban J connectivity index is 1.99. The molecular formula is C16H15FN2O. The first kappa shape index (κ1) is 14.0. The van der Waals surface area contributed by atoms with Crippen LogP contribution in [-0.2, 0) is 0 Å². The van der Waals surface area contributed by atoms with Crippen LogP contribution in [0.4, 0.5) is 10.1 Å². The number of benzene rings is 2. The van der Waals surface area contributed by atoms with E-state index in [2.05, 4.69) is 5.32 Å². The van der Waals surface area contributed by atoms with Crippen LogP contribution in [-0.4, -0.2) is 11.7 Å². The molecule has 2 N–H and O–H groups in total. The Morgan fingerprint density at radius 2 is 1.95 bits per heavy atom. The number of aliphatic hydroxyl groups is 1. The molecule has 0 bridgehead atoms. The highest BCUT2D eigenvalue weighted by molar-refractivity contribution is 5.45. The Kier molecular flexibility index (Phi) is 4.34. The van der Waals surface area contributed by atoms with Gasteiger partial charge in [-0.3, -0.25) is 0 Å². The topological polar surface area (TPSA) is 56.0 Å². The molecule has 0 fully saturated rings. The normalized spacial score (nSPS) is 11.7. The minimum absolute atomic E-state index is 0.272. The van der Waals surface area contributed by atoms with Crippen molar-refractivity contribution in [3.05, 3.63) is 65.0 Å². The van der Waals surface area contributed by atoms with Crippen molar-refractivity contribution < 1.29 is 9.50 Å². The van der Waals surface area contributed by atoms with Crippen molar-refractivity contribution in [2.45, 2.75) is 13.0 Å². The predicted octanol–water partition coefficient (Wildman–Crippen LogP) is 3.15. The van der Waals surface area contributed by atoms with Gasteiger partial charge in [0.05, 0.1) is 17.7 Å². The van der Waals surface area contributed by atoms with Gasteiger partial charge in [0.1, 0.15) is 5.82 Å². The van der Waals surface area contributed by atoms with Gasteiger partial charge in [-0.2, -0.15) is 5.26 Å². The van der Waals surface area contributed by atoms with Crippen molar-refractivity contribution >= 4 is 5.69 Å². The number of anilines is 1. The van der Waals surface area contributed by atoms with Crippen LogP contribution in [0.3, 0.4) is 0 Å². The molecule has 0 saturated heterocycles. The van der Waals surface area contributed by atoms with Gasteiger partial charge in [0.2, 0.25) is 0 Å². The number of nitriles is 1. The molecule has 0 aromatic heterocycles. The average Bonchev–Trinajstić information content (AvgIpc) is 2.48. The van der Waals surface area contributed by atoms with Gasteiger partial charge in [-0.25, -0.2) is 4.39 Å². The first-order valence-electron chi connectivity index (χ1n) is 6.28. The van der Waals surface area contributed by atoms with Crippen LogP contribution in [0.25, 0.3) is 0 Å². The maximum Gasteiger partial charge on any atom is 0.128 e. The van der Waals surface area contributed by atoms with Crippen molar-refractivity contribution in [2.75, 3.05) is 11.9 Å². The largest absolute Gasteiger partial charge is 0.387 e. The van der Waals surface area contributed by atoms with E-state index in [0.717, 1.165) is 0 Å². The quantitative estimate of drug-likeness (QED) is 0.897. The second kappa shape index (κ2) is 6.18. The minimum Gasteiger partial charge on any atom is -0.387 e. The zero-order chi connectivity index (χ0) is 14.5. The Hall–Kier alpha value is -2.38. The van der Waals surface area contributed by atoms with E-state index < -0.39 is 6.10 Å². The summed E-state index contributed by atoms with van der Waals surface area (Å²) in [6.45, 7) is 1.97. The molecule has 102 valence electrons. The lowest BCUT2D eigenvalue weighted by molar-refractivity contribution is 0.191. The molecule has 1 unspecified atom stereocenters. The summed E-state index contributed by atoms with van der Waals surface area (Å²) in [7, 11) is 0. The highest BCUT2D eigenvalue weighted by Crippen LogP contribution is 2.17. The number of rotatable bonds is 4. The molecule has 0 saturated carbocycles. The summed E-state index contributed by atoms with van der Waals surface area (Å²) in [5.74, 6) is -0.275. The third kappa shape index (κ3) is 3.34. The Labute approximate surface area is 117 Å². The lowest BCUT2D eigenvalue weighted by atomic mass is 10.1. The molecule has 0 heterocycles. The van der Waals surface area contributed by atoms with Gasteiger partial charge in [0.25, 0.3) is 0 Å². The molecule has 2 rings (SSSR count). The van der Waals surface area contributed by atoms with Gasteiger partial charge >= 0.3 is 0 Å². The fourth-order valence-electron chi connectivity index (χ4n) is 1.81. The molecule has 0 radical (unpaired) electrons. The van der Waals surface area contributed by atoms with E-state index in [1.807, 2.05) is 6.07 Å². The van der Waals surface area contributed by atoms with E-state index >= 15 is 0 Å². The van der Waals surface area contributed by atoms with E-state index in [9.17, 15) is 9.50 Å². The molecule has 2 aromatic carbocycles. The number of nitrogens with zero attached hydrogens (tertiary/aromatic N) is 1. The first-order chi connectivity index (χ1) is 9.60.